The number of ether oxygens (including phenoxy) is 1. The van der Waals surface area contributed by atoms with Crippen molar-refractivity contribution in [2.75, 3.05) is 7.11 Å². The van der Waals surface area contributed by atoms with Crippen molar-refractivity contribution >= 4 is 25.8 Å². The Labute approximate surface area is 183 Å². The molecule has 0 bridgehead atoms. The third kappa shape index (κ3) is 3.66. The van der Waals surface area contributed by atoms with Crippen molar-refractivity contribution in [3.05, 3.63) is 83.0 Å². The molecular weight excluding hydrogens is 466 g/mol. The van der Waals surface area contributed by atoms with Crippen LogP contribution in [-0.2, 0) is 9.84 Å². The van der Waals surface area contributed by atoms with Gasteiger partial charge in [-0.1, -0.05) is 59.8 Å². The van der Waals surface area contributed by atoms with E-state index < -0.39 is 9.84 Å². The summed E-state index contributed by atoms with van der Waals surface area (Å²) in [6.45, 7) is 1.67. The fourth-order valence-electron chi connectivity index (χ4n) is 3.16. The van der Waals surface area contributed by atoms with Gasteiger partial charge in [-0.05, 0) is 57.7 Å². The molecule has 0 aliphatic rings. The van der Waals surface area contributed by atoms with Crippen LogP contribution in [0.1, 0.15) is 5.69 Å². The largest absolute Gasteiger partial charge is 0.496 e. The number of nitrogens with zero attached hydrogens (tertiary/aromatic N) is 1. The van der Waals surface area contributed by atoms with Crippen LogP contribution in [0.15, 0.2) is 91.8 Å². The molecule has 0 saturated carbocycles. The van der Waals surface area contributed by atoms with Crippen molar-refractivity contribution in [2.45, 2.75) is 16.9 Å². The second kappa shape index (κ2) is 8.08. The molecule has 0 N–H and O–H groups in total. The lowest BCUT2D eigenvalue weighted by molar-refractivity contribution is 0.335. The molecule has 30 heavy (non-hydrogen) atoms. The highest BCUT2D eigenvalue weighted by molar-refractivity contribution is 9.10. The first-order valence-corrected chi connectivity index (χ1v) is 11.4. The van der Waals surface area contributed by atoms with E-state index in [0.717, 1.165) is 28.0 Å². The van der Waals surface area contributed by atoms with Crippen LogP contribution in [-0.4, -0.2) is 20.7 Å². The molecule has 0 atom stereocenters. The Morgan fingerprint density at radius 1 is 0.867 bits per heavy atom. The number of rotatable bonds is 5. The number of halogens is 1. The molecule has 0 amide bonds. The lowest BCUT2D eigenvalue weighted by Gasteiger charge is -2.09. The Morgan fingerprint density at radius 3 is 2.00 bits per heavy atom. The third-order valence-electron chi connectivity index (χ3n) is 4.81. The van der Waals surface area contributed by atoms with Gasteiger partial charge in [-0.3, -0.25) is 0 Å². The number of aromatic nitrogens is 1. The number of benzene rings is 3. The zero-order valence-electron chi connectivity index (χ0n) is 16.3. The maximum absolute atomic E-state index is 12.8. The first-order chi connectivity index (χ1) is 14.4. The topological polar surface area (TPSA) is 69.4 Å². The zero-order chi connectivity index (χ0) is 21.3. The quantitative estimate of drug-likeness (QED) is 0.352. The minimum atomic E-state index is -3.79. The summed E-state index contributed by atoms with van der Waals surface area (Å²) in [5.74, 6) is 0.814. The van der Waals surface area contributed by atoms with E-state index in [4.69, 9.17) is 9.26 Å². The van der Waals surface area contributed by atoms with Gasteiger partial charge in [0.1, 0.15) is 5.75 Å². The number of hydrogen-bond acceptors (Lipinski definition) is 5. The van der Waals surface area contributed by atoms with Crippen LogP contribution in [0, 0.1) is 6.92 Å². The second-order valence-corrected chi connectivity index (χ2v) is 9.32. The summed E-state index contributed by atoms with van der Waals surface area (Å²) in [4.78, 5) is 0.147. The molecule has 5 nitrogen and oxygen atoms in total. The van der Waals surface area contributed by atoms with E-state index in [1.807, 2.05) is 48.5 Å². The second-order valence-electron chi connectivity index (χ2n) is 6.67. The molecule has 1 heterocycles. The van der Waals surface area contributed by atoms with Crippen LogP contribution < -0.4 is 4.74 Å². The highest BCUT2D eigenvalue weighted by Gasteiger charge is 2.27. The summed E-state index contributed by atoms with van der Waals surface area (Å²) in [6.07, 6.45) is 0. The minimum Gasteiger partial charge on any atom is -0.496 e. The summed E-state index contributed by atoms with van der Waals surface area (Å²) < 4.78 is 36.4. The molecule has 4 rings (SSSR count). The molecule has 0 spiro atoms. The molecule has 0 fully saturated rings. The zero-order valence-corrected chi connectivity index (χ0v) is 18.7. The first kappa shape index (κ1) is 20.4. The van der Waals surface area contributed by atoms with Gasteiger partial charge in [0, 0.05) is 5.56 Å². The molecule has 7 heteroatoms. The Balaban J connectivity index is 1.63. The summed E-state index contributed by atoms with van der Waals surface area (Å²) in [5.41, 5.74) is 4.44. The molecule has 0 aliphatic carbocycles. The smallest absolute Gasteiger partial charge is 0.269 e. The maximum atomic E-state index is 12.8. The summed E-state index contributed by atoms with van der Waals surface area (Å²) in [7, 11) is -2.13. The highest BCUT2D eigenvalue weighted by Crippen LogP contribution is 2.33. The standard InChI is InChI=1S/C23H18BrNO4S/c1-15-22(24)23(29-25-15)30(26,27)19-13-11-17(12-14-19)16-7-9-18(10-8-16)20-5-3-4-6-21(20)28-2/h3-14H,1-2H3. The van der Waals surface area contributed by atoms with E-state index in [1.165, 1.54) is 0 Å². The predicted molar refractivity (Wildman–Crippen MR) is 118 cm³/mol. The SMILES string of the molecule is COc1ccccc1-c1ccc(-c2ccc(S(=O)(=O)c3onc(C)c3Br)cc2)cc1. The minimum absolute atomic E-state index is 0.147. The average molecular weight is 484 g/mol. The lowest BCUT2D eigenvalue weighted by atomic mass is 10.00. The fourth-order valence-corrected chi connectivity index (χ4v) is 5.18. The highest BCUT2D eigenvalue weighted by atomic mass is 79.9. The van der Waals surface area contributed by atoms with Crippen LogP contribution in [0.5, 0.6) is 5.75 Å². The van der Waals surface area contributed by atoms with E-state index in [1.54, 1.807) is 38.3 Å². The molecule has 0 radical (unpaired) electrons. The van der Waals surface area contributed by atoms with Crippen molar-refractivity contribution in [1.82, 2.24) is 5.16 Å². The molecule has 0 aliphatic heterocycles. The van der Waals surface area contributed by atoms with E-state index in [9.17, 15) is 8.42 Å². The number of methoxy groups -OCH3 is 1. The fraction of sp³-hybridized carbons (Fsp3) is 0.0870. The Bertz CT molecular complexity index is 1290. The van der Waals surface area contributed by atoms with E-state index >= 15 is 0 Å². The van der Waals surface area contributed by atoms with E-state index in [0.29, 0.717) is 10.2 Å². The summed E-state index contributed by atoms with van der Waals surface area (Å²) in [5, 5.41) is 3.52. The molecule has 0 saturated heterocycles. The van der Waals surface area contributed by atoms with Crippen LogP contribution in [0.3, 0.4) is 0 Å². The first-order valence-electron chi connectivity index (χ1n) is 9.12. The van der Waals surface area contributed by atoms with Crippen molar-refractivity contribution < 1.29 is 17.7 Å². The summed E-state index contributed by atoms with van der Waals surface area (Å²) in [6, 6.07) is 22.6. The number of aryl methyl sites for hydroxylation is 1. The van der Waals surface area contributed by atoms with Crippen LogP contribution >= 0.6 is 15.9 Å². The molecule has 0 unspecified atom stereocenters. The molecule has 1 aromatic heterocycles. The van der Waals surface area contributed by atoms with Gasteiger partial charge in [-0.25, -0.2) is 8.42 Å². The van der Waals surface area contributed by atoms with Gasteiger partial charge in [-0.15, -0.1) is 0 Å². The van der Waals surface area contributed by atoms with Gasteiger partial charge in [0.15, 0.2) is 0 Å². The monoisotopic (exact) mass is 483 g/mol. The van der Waals surface area contributed by atoms with Crippen molar-refractivity contribution in [3.8, 4) is 28.0 Å². The van der Waals surface area contributed by atoms with Gasteiger partial charge in [0.05, 0.1) is 22.2 Å². The normalized spacial score (nSPS) is 11.4. The number of sulfone groups is 1. The average Bonchev–Trinajstić information content (AvgIpc) is 3.13. The molecule has 152 valence electrons. The third-order valence-corrected chi connectivity index (χ3v) is 7.66. The van der Waals surface area contributed by atoms with Crippen molar-refractivity contribution in [3.63, 3.8) is 0 Å². The molecular formula is C23H18BrNO4S. The van der Waals surface area contributed by atoms with Gasteiger partial charge in [-0.2, -0.15) is 0 Å². The van der Waals surface area contributed by atoms with Crippen molar-refractivity contribution in [1.29, 1.82) is 0 Å². The molecule has 3 aromatic carbocycles. The number of para-hydroxylation sites is 1. The van der Waals surface area contributed by atoms with Gasteiger partial charge in [0.25, 0.3) is 5.09 Å². The van der Waals surface area contributed by atoms with Crippen LogP contribution in [0.2, 0.25) is 0 Å². The lowest BCUT2D eigenvalue weighted by Crippen LogP contribution is -2.01. The Kier molecular flexibility index (Phi) is 5.49. The van der Waals surface area contributed by atoms with E-state index in [-0.39, 0.29) is 9.99 Å². The van der Waals surface area contributed by atoms with E-state index in [2.05, 4.69) is 21.1 Å². The van der Waals surface area contributed by atoms with Gasteiger partial charge in [0.2, 0.25) is 9.84 Å². The number of hydrogen-bond donors (Lipinski definition) is 0. The van der Waals surface area contributed by atoms with Gasteiger partial charge >= 0.3 is 0 Å². The van der Waals surface area contributed by atoms with Crippen LogP contribution in [0.4, 0.5) is 0 Å². The maximum Gasteiger partial charge on any atom is 0.269 e. The predicted octanol–water partition coefficient (Wildman–Crippen LogP) is 5.92. The van der Waals surface area contributed by atoms with Crippen molar-refractivity contribution in [2.24, 2.45) is 0 Å². The molecule has 4 aromatic rings. The van der Waals surface area contributed by atoms with Crippen LogP contribution in [0.25, 0.3) is 22.3 Å². The van der Waals surface area contributed by atoms with Gasteiger partial charge < -0.3 is 9.26 Å². The Hall–Kier alpha value is -2.90. The summed E-state index contributed by atoms with van der Waals surface area (Å²) >= 11 is 3.23. The Morgan fingerprint density at radius 2 is 1.43 bits per heavy atom.